The Morgan fingerprint density at radius 1 is 1.71 bits per heavy atom. The first-order chi connectivity index (χ1) is 6.74. The van der Waals surface area contributed by atoms with Crippen molar-refractivity contribution in [1.29, 1.82) is 0 Å². The summed E-state index contributed by atoms with van der Waals surface area (Å²) in [6.45, 7) is 0.864. The van der Waals surface area contributed by atoms with Crippen molar-refractivity contribution in [2.75, 3.05) is 23.9 Å². The lowest BCUT2D eigenvalue weighted by molar-refractivity contribution is 0.0995. The average molecular weight is 211 g/mol. The standard InChI is InChI=1S/C9H13N3OS/c1-14-5-4-11-7-2-3-12-8(6-7)9(10)13/h2-3,6H,4-5H2,1H3,(H2,10,13)(H,11,12). The number of amides is 1. The summed E-state index contributed by atoms with van der Waals surface area (Å²) in [5.74, 6) is 0.521. The second-order valence-corrected chi connectivity index (χ2v) is 3.70. The van der Waals surface area contributed by atoms with Gasteiger partial charge in [-0.25, -0.2) is 0 Å². The van der Waals surface area contributed by atoms with Crippen LogP contribution in [0.3, 0.4) is 0 Å². The lowest BCUT2D eigenvalue weighted by atomic mass is 10.3. The van der Waals surface area contributed by atoms with Crippen LogP contribution in [0.5, 0.6) is 0 Å². The first-order valence-electron chi connectivity index (χ1n) is 4.22. The van der Waals surface area contributed by atoms with Gasteiger partial charge in [-0.3, -0.25) is 9.78 Å². The lowest BCUT2D eigenvalue weighted by Gasteiger charge is -2.05. The molecule has 0 saturated heterocycles. The Labute approximate surface area is 87.3 Å². The fourth-order valence-electron chi connectivity index (χ4n) is 0.973. The summed E-state index contributed by atoms with van der Waals surface area (Å²) in [4.78, 5) is 14.7. The highest BCUT2D eigenvalue weighted by atomic mass is 32.2. The maximum Gasteiger partial charge on any atom is 0.267 e. The number of nitrogens with two attached hydrogens (primary N) is 1. The van der Waals surface area contributed by atoms with E-state index < -0.39 is 5.91 Å². The van der Waals surface area contributed by atoms with Crippen LogP contribution in [-0.2, 0) is 0 Å². The van der Waals surface area contributed by atoms with Crippen molar-refractivity contribution in [3.8, 4) is 0 Å². The van der Waals surface area contributed by atoms with Crippen LogP contribution < -0.4 is 11.1 Å². The number of anilines is 1. The molecule has 1 aromatic heterocycles. The Bertz CT molecular complexity index is 317. The highest BCUT2D eigenvalue weighted by Gasteiger charge is 2.01. The van der Waals surface area contributed by atoms with Crippen LogP contribution in [0.15, 0.2) is 18.3 Å². The molecule has 1 rings (SSSR count). The second-order valence-electron chi connectivity index (χ2n) is 2.71. The summed E-state index contributed by atoms with van der Waals surface area (Å²) in [5.41, 5.74) is 6.27. The van der Waals surface area contributed by atoms with Gasteiger partial charge in [0.05, 0.1) is 0 Å². The highest BCUT2D eigenvalue weighted by Crippen LogP contribution is 2.07. The molecule has 76 valence electrons. The lowest BCUT2D eigenvalue weighted by Crippen LogP contribution is -2.13. The zero-order valence-electron chi connectivity index (χ0n) is 7.99. The molecule has 0 spiro atoms. The minimum atomic E-state index is -0.501. The number of rotatable bonds is 5. The number of hydrogen-bond donors (Lipinski definition) is 2. The number of carbonyl (C=O) groups excluding carboxylic acids is 1. The number of carbonyl (C=O) groups is 1. The van der Waals surface area contributed by atoms with Crippen LogP contribution in [0, 0.1) is 0 Å². The van der Waals surface area contributed by atoms with Crippen molar-refractivity contribution in [3.05, 3.63) is 24.0 Å². The Hall–Kier alpha value is -1.23. The van der Waals surface area contributed by atoms with Crippen molar-refractivity contribution in [2.45, 2.75) is 0 Å². The summed E-state index contributed by atoms with van der Waals surface area (Å²) >= 11 is 1.76. The molecule has 5 heteroatoms. The number of hydrogen-bond acceptors (Lipinski definition) is 4. The second kappa shape index (κ2) is 5.49. The molecule has 0 aliphatic carbocycles. The first kappa shape index (κ1) is 10.8. The van der Waals surface area contributed by atoms with Crippen LogP contribution >= 0.6 is 11.8 Å². The fraction of sp³-hybridized carbons (Fsp3) is 0.333. The summed E-state index contributed by atoms with van der Waals surface area (Å²) in [5, 5.41) is 3.17. The largest absolute Gasteiger partial charge is 0.384 e. The Balaban J connectivity index is 2.59. The van der Waals surface area contributed by atoms with Gasteiger partial charge < -0.3 is 11.1 Å². The van der Waals surface area contributed by atoms with E-state index in [1.165, 1.54) is 0 Å². The van der Waals surface area contributed by atoms with Crippen LogP contribution in [0.25, 0.3) is 0 Å². The average Bonchev–Trinajstić information content (AvgIpc) is 2.19. The topological polar surface area (TPSA) is 68.0 Å². The van der Waals surface area contributed by atoms with E-state index in [1.807, 2.05) is 12.3 Å². The Morgan fingerprint density at radius 2 is 2.50 bits per heavy atom. The van der Waals surface area contributed by atoms with Gasteiger partial charge in [0.15, 0.2) is 0 Å². The van der Waals surface area contributed by atoms with E-state index in [4.69, 9.17) is 5.73 Å². The molecule has 1 aromatic rings. The fourth-order valence-corrected chi connectivity index (χ4v) is 1.28. The summed E-state index contributed by atoms with van der Waals surface area (Å²) in [6.07, 6.45) is 3.62. The van der Waals surface area contributed by atoms with E-state index in [1.54, 1.807) is 24.0 Å². The van der Waals surface area contributed by atoms with Crippen molar-refractivity contribution in [1.82, 2.24) is 4.98 Å². The number of nitrogens with zero attached hydrogens (tertiary/aromatic N) is 1. The number of pyridine rings is 1. The zero-order valence-corrected chi connectivity index (χ0v) is 8.80. The van der Waals surface area contributed by atoms with Gasteiger partial charge in [0, 0.05) is 24.2 Å². The molecule has 0 aromatic carbocycles. The molecule has 1 amide bonds. The van der Waals surface area contributed by atoms with Crippen molar-refractivity contribution >= 4 is 23.4 Å². The molecule has 3 N–H and O–H groups in total. The summed E-state index contributed by atoms with van der Waals surface area (Å²) < 4.78 is 0. The molecule has 0 fully saturated rings. The highest BCUT2D eigenvalue weighted by molar-refractivity contribution is 7.98. The summed E-state index contributed by atoms with van der Waals surface area (Å²) in [7, 11) is 0. The number of aromatic nitrogens is 1. The van der Waals surface area contributed by atoms with Crippen molar-refractivity contribution < 1.29 is 4.79 Å². The van der Waals surface area contributed by atoms with Gasteiger partial charge >= 0.3 is 0 Å². The molecular formula is C9H13N3OS. The first-order valence-corrected chi connectivity index (χ1v) is 5.62. The van der Waals surface area contributed by atoms with Crippen molar-refractivity contribution in [2.24, 2.45) is 5.73 Å². The van der Waals surface area contributed by atoms with Crippen LogP contribution in [0.2, 0.25) is 0 Å². The Kier molecular flexibility index (Phi) is 4.25. The molecule has 0 aliphatic heterocycles. The van der Waals surface area contributed by atoms with Crippen LogP contribution in [-0.4, -0.2) is 29.4 Å². The maximum atomic E-state index is 10.8. The third kappa shape index (κ3) is 3.26. The quantitative estimate of drug-likeness (QED) is 0.712. The molecule has 1 heterocycles. The third-order valence-electron chi connectivity index (χ3n) is 1.65. The van der Waals surface area contributed by atoms with E-state index in [-0.39, 0.29) is 0 Å². The SMILES string of the molecule is CSCCNc1ccnc(C(N)=O)c1. The summed E-state index contributed by atoms with van der Waals surface area (Å²) in [6, 6.07) is 3.47. The van der Waals surface area contributed by atoms with Crippen LogP contribution in [0.1, 0.15) is 10.5 Å². The molecule has 4 nitrogen and oxygen atoms in total. The molecule has 0 bridgehead atoms. The normalized spacial score (nSPS) is 9.79. The molecule has 0 aliphatic rings. The van der Waals surface area contributed by atoms with Gasteiger partial charge in [-0.05, 0) is 18.4 Å². The smallest absolute Gasteiger partial charge is 0.267 e. The van der Waals surface area contributed by atoms with E-state index in [2.05, 4.69) is 10.3 Å². The molecule has 0 saturated carbocycles. The minimum absolute atomic E-state index is 0.291. The predicted octanol–water partition coefficient (Wildman–Crippen LogP) is 0.955. The van der Waals surface area contributed by atoms with E-state index in [9.17, 15) is 4.79 Å². The third-order valence-corrected chi connectivity index (χ3v) is 2.26. The Morgan fingerprint density at radius 3 is 3.14 bits per heavy atom. The molecule has 14 heavy (non-hydrogen) atoms. The van der Waals surface area contributed by atoms with Gasteiger partial charge in [-0.1, -0.05) is 0 Å². The molecular weight excluding hydrogens is 198 g/mol. The van der Waals surface area contributed by atoms with Gasteiger partial charge in [0.1, 0.15) is 5.69 Å². The number of nitrogens with one attached hydrogen (secondary N) is 1. The van der Waals surface area contributed by atoms with Gasteiger partial charge in [0.25, 0.3) is 5.91 Å². The molecule has 0 radical (unpaired) electrons. The monoisotopic (exact) mass is 211 g/mol. The zero-order chi connectivity index (χ0) is 10.4. The van der Waals surface area contributed by atoms with E-state index >= 15 is 0 Å². The minimum Gasteiger partial charge on any atom is -0.384 e. The number of thioether (sulfide) groups is 1. The number of primary amides is 1. The van der Waals surface area contributed by atoms with Crippen LogP contribution in [0.4, 0.5) is 5.69 Å². The maximum absolute atomic E-state index is 10.8. The molecule has 0 atom stereocenters. The van der Waals surface area contributed by atoms with Gasteiger partial charge in [-0.2, -0.15) is 11.8 Å². The van der Waals surface area contributed by atoms with Gasteiger partial charge in [-0.15, -0.1) is 0 Å². The van der Waals surface area contributed by atoms with Crippen molar-refractivity contribution in [3.63, 3.8) is 0 Å². The van der Waals surface area contributed by atoms with Gasteiger partial charge in [0.2, 0.25) is 0 Å². The predicted molar refractivity (Wildman–Crippen MR) is 59.6 cm³/mol. The molecule has 0 unspecified atom stereocenters. The van der Waals surface area contributed by atoms with E-state index in [0.717, 1.165) is 18.0 Å². The van der Waals surface area contributed by atoms with E-state index in [0.29, 0.717) is 5.69 Å².